The van der Waals surface area contributed by atoms with E-state index in [0.717, 1.165) is 11.1 Å². The maximum atomic E-state index is 13.2. The van der Waals surface area contributed by atoms with E-state index in [1.807, 2.05) is 81.4 Å². The molecule has 0 spiro atoms. The van der Waals surface area contributed by atoms with Crippen molar-refractivity contribution in [3.05, 3.63) is 108 Å². The van der Waals surface area contributed by atoms with E-state index >= 15 is 0 Å². The van der Waals surface area contributed by atoms with Crippen LogP contribution in [0.2, 0.25) is 0 Å². The average molecular weight is 453 g/mol. The number of aromatic nitrogens is 2. The van der Waals surface area contributed by atoms with E-state index in [0.29, 0.717) is 29.1 Å². The first-order chi connectivity index (χ1) is 16.3. The van der Waals surface area contributed by atoms with Crippen LogP contribution in [0.1, 0.15) is 47.1 Å². The SMILES string of the molecule is CC(C)(C)NC(=O)c1ccc(NC(=O)c2cn(Cc3ccccc3)nc2-c2ccccc2)cc1. The first-order valence-corrected chi connectivity index (χ1v) is 11.2. The topological polar surface area (TPSA) is 76.0 Å². The summed E-state index contributed by atoms with van der Waals surface area (Å²) in [5, 5.41) is 10.6. The second-order valence-electron chi connectivity index (χ2n) is 9.18. The Balaban J connectivity index is 1.56. The summed E-state index contributed by atoms with van der Waals surface area (Å²) in [4.78, 5) is 25.6. The molecule has 0 radical (unpaired) electrons. The van der Waals surface area contributed by atoms with Gasteiger partial charge >= 0.3 is 0 Å². The minimum absolute atomic E-state index is 0.154. The van der Waals surface area contributed by atoms with E-state index in [2.05, 4.69) is 10.6 Å². The summed E-state index contributed by atoms with van der Waals surface area (Å²) in [6.45, 7) is 6.36. The number of carbonyl (C=O) groups is 2. The van der Waals surface area contributed by atoms with Gasteiger partial charge in [-0.3, -0.25) is 14.3 Å². The van der Waals surface area contributed by atoms with Crippen molar-refractivity contribution in [2.45, 2.75) is 32.9 Å². The number of anilines is 1. The molecule has 0 aliphatic rings. The van der Waals surface area contributed by atoms with E-state index in [1.54, 1.807) is 35.1 Å². The zero-order valence-electron chi connectivity index (χ0n) is 19.6. The Kier molecular flexibility index (Phi) is 6.59. The Bertz CT molecular complexity index is 1270. The van der Waals surface area contributed by atoms with Crippen LogP contribution >= 0.6 is 0 Å². The molecule has 172 valence electrons. The van der Waals surface area contributed by atoms with Crippen molar-refractivity contribution in [3.8, 4) is 11.3 Å². The molecule has 0 unspecified atom stereocenters. The molecule has 1 aromatic heterocycles. The lowest BCUT2D eigenvalue weighted by Gasteiger charge is -2.20. The maximum absolute atomic E-state index is 13.2. The lowest BCUT2D eigenvalue weighted by molar-refractivity contribution is 0.0919. The van der Waals surface area contributed by atoms with E-state index < -0.39 is 0 Å². The molecule has 6 nitrogen and oxygen atoms in total. The highest BCUT2D eigenvalue weighted by molar-refractivity contribution is 6.08. The van der Waals surface area contributed by atoms with Crippen molar-refractivity contribution in [2.24, 2.45) is 0 Å². The highest BCUT2D eigenvalue weighted by atomic mass is 16.2. The lowest BCUT2D eigenvalue weighted by atomic mass is 10.1. The van der Waals surface area contributed by atoms with Crippen molar-refractivity contribution in [1.29, 1.82) is 0 Å². The van der Waals surface area contributed by atoms with E-state index in [-0.39, 0.29) is 17.4 Å². The van der Waals surface area contributed by atoms with Gasteiger partial charge in [-0.25, -0.2) is 0 Å². The van der Waals surface area contributed by atoms with Crippen molar-refractivity contribution in [2.75, 3.05) is 5.32 Å². The minimum Gasteiger partial charge on any atom is -0.347 e. The summed E-state index contributed by atoms with van der Waals surface area (Å²) in [6.07, 6.45) is 1.77. The summed E-state index contributed by atoms with van der Waals surface area (Å²) < 4.78 is 1.78. The summed E-state index contributed by atoms with van der Waals surface area (Å²) in [7, 11) is 0. The summed E-state index contributed by atoms with van der Waals surface area (Å²) in [5.74, 6) is -0.413. The van der Waals surface area contributed by atoms with Crippen molar-refractivity contribution in [1.82, 2.24) is 15.1 Å². The first-order valence-electron chi connectivity index (χ1n) is 11.2. The third kappa shape index (κ3) is 5.78. The molecule has 2 amide bonds. The van der Waals surface area contributed by atoms with Crippen LogP contribution in [0.25, 0.3) is 11.3 Å². The van der Waals surface area contributed by atoms with Gasteiger partial charge in [0.2, 0.25) is 0 Å². The van der Waals surface area contributed by atoms with Crippen LogP contribution in [0.3, 0.4) is 0 Å². The van der Waals surface area contributed by atoms with Gasteiger partial charge in [0.15, 0.2) is 0 Å². The number of rotatable bonds is 6. The Morgan fingerprint density at radius 3 is 2.06 bits per heavy atom. The number of amides is 2. The van der Waals surface area contributed by atoms with Crippen LogP contribution in [0.15, 0.2) is 91.1 Å². The molecule has 0 saturated carbocycles. The molecule has 0 saturated heterocycles. The van der Waals surface area contributed by atoms with Crippen molar-refractivity contribution >= 4 is 17.5 Å². The molecule has 3 aromatic carbocycles. The molecule has 4 aromatic rings. The fourth-order valence-electron chi connectivity index (χ4n) is 3.56. The molecular formula is C28H28N4O2. The molecule has 6 heteroatoms. The molecule has 4 rings (SSSR count). The number of carbonyl (C=O) groups excluding carboxylic acids is 2. The Morgan fingerprint density at radius 1 is 0.824 bits per heavy atom. The third-order valence-corrected chi connectivity index (χ3v) is 5.13. The highest BCUT2D eigenvalue weighted by Gasteiger charge is 2.19. The van der Waals surface area contributed by atoms with Gasteiger partial charge < -0.3 is 10.6 Å². The smallest absolute Gasteiger partial charge is 0.259 e. The quantitative estimate of drug-likeness (QED) is 0.412. The molecular weight excluding hydrogens is 424 g/mol. The number of hydrogen-bond donors (Lipinski definition) is 2. The van der Waals surface area contributed by atoms with Gasteiger partial charge in [0.25, 0.3) is 11.8 Å². The minimum atomic E-state index is -0.322. The lowest BCUT2D eigenvalue weighted by Crippen LogP contribution is -2.40. The molecule has 0 fully saturated rings. The molecule has 1 heterocycles. The van der Waals surface area contributed by atoms with Gasteiger partial charge in [-0.05, 0) is 50.6 Å². The largest absolute Gasteiger partial charge is 0.347 e. The Labute approximate surface area is 199 Å². The fraction of sp³-hybridized carbons (Fsp3) is 0.179. The van der Waals surface area contributed by atoms with E-state index in [1.165, 1.54) is 0 Å². The molecule has 34 heavy (non-hydrogen) atoms. The number of benzene rings is 3. The Morgan fingerprint density at radius 2 is 1.44 bits per heavy atom. The van der Waals surface area contributed by atoms with Crippen molar-refractivity contribution < 1.29 is 9.59 Å². The molecule has 2 N–H and O–H groups in total. The zero-order chi connectivity index (χ0) is 24.1. The van der Waals surface area contributed by atoms with Gasteiger partial charge in [0, 0.05) is 28.6 Å². The third-order valence-electron chi connectivity index (χ3n) is 5.13. The van der Waals surface area contributed by atoms with Crippen LogP contribution in [0, 0.1) is 0 Å². The predicted molar refractivity (Wildman–Crippen MR) is 135 cm³/mol. The number of nitrogens with one attached hydrogen (secondary N) is 2. The van der Waals surface area contributed by atoms with Crippen LogP contribution in [0.5, 0.6) is 0 Å². The second-order valence-corrected chi connectivity index (χ2v) is 9.18. The Hall–Kier alpha value is -4.19. The average Bonchev–Trinajstić information content (AvgIpc) is 3.23. The normalized spacial score (nSPS) is 11.1. The van der Waals surface area contributed by atoms with Gasteiger partial charge in [0.1, 0.15) is 5.69 Å². The van der Waals surface area contributed by atoms with Gasteiger partial charge in [-0.2, -0.15) is 5.10 Å². The van der Waals surface area contributed by atoms with Gasteiger partial charge in [-0.1, -0.05) is 60.7 Å². The number of nitrogens with zero attached hydrogens (tertiary/aromatic N) is 2. The van der Waals surface area contributed by atoms with E-state index in [9.17, 15) is 9.59 Å². The highest BCUT2D eigenvalue weighted by Crippen LogP contribution is 2.24. The number of hydrogen-bond acceptors (Lipinski definition) is 3. The standard InChI is InChI=1S/C28H28N4O2/c1-28(2,3)30-26(33)22-14-16-23(17-15-22)29-27(34)24-19-32(18-20-10-6-4-7-11-20)31-25(24)21-12-8-5-9-13-21/h4-17,19H,18H2,1-3H3,(H,29,34)(H,30,33). The molecule has 0 aliphatic heterocycles. The maximum Gasteiger partial charge on any atom is 0.259 e. The van der Waals surface area contributed by atoms with Crippen LogP contribution in [0.4, 0.5) is 5.69 Å². The van der Waals surface area contributed by atoms with Gasteiger partial charge in [-0.15, -0.1) is 0 Å². The summed E-state index contributed by atoms with van der Waals surface area (Å²) >= 11 is 0. The van der Waals surface area contributed by atoms with Crippen LogP contribution in [-0.2, 0) is 6.54 Å². The van der Waals surface area contributed by atoms with Crippen molar-refractivity contribution in [3.63, 3.8) is 0 Å². The monoisotopic (exact) mass is 452 g/mol. The predicted octanol–water partition coefficient (Wildman–Crippen LogP) is 5.38. The fourth-order valence-corrected chi connectivity index (χ4v) is 3.56. The molecule has 0 bridgehead atoms. The van der Waals surface area contributed by atoms with Gasteiger partial charge in [0.05, 0.1) is 12.1 Å². The van der Waals surface area contributed by atoms with Crippen LogP contribution in [-0.4, -0.2) is 27.1 Å². The van der Waals surface area contributed by atoms with Crippen LogP contribution < -0.4 is 10.6 Å². The molecule has 0 atom stereocenters. The second kappa shape index (κ2) is 9.75. The molecule has 0 aliphatic carbocycles. The van der Waals surface area contributed by atoms with E-state index in [4.69, 9.17) is 5.10 Å². The summed E-state index contributed by atoms with van der Waals surface area (Å²) in [5.41, 5.74) is 3.89. The zero-order valence-corrected chi connectivity index (χ0v) is 19.6. The summed E-state index contributed by atoms with van der Waals surface area (Å²) in [6, 6.07) is 26.5. The first kappa shape index (κ1) is 23.0.